The van der Waals surface area contributed by atoms with E-state index in [4.69, 9.17) is 4.74 Å². The van der Waals surface area contributed by atoms with Crippen LogP contribution in [0.1, 0.15) is 17.8 Å². The van der Waals surface area contributed by atoms with Crippen LogP contribution in [0.3, 0.4) is 0 Å². The molecule has 7 nitrogen and oxygen atoms in total. The van der Waals surface area contributed by atoms with Crippen molar-refractivity contribution < 1.29 is 17.9 Å². The molecule has 1 unspecified atom stereocenters. The zero-order valence-corrected chi connectivity index (χ0v) is 17.6. The van der Waals surface area contributed by atoms with E-state index in [0.717, 1.165) is 4.88 Å². The van der Waals surface area contributed by atoms with Crippen molar-refractivity contribution in [3.8, 4) is 5.75 Å². The van der Waals surface area contributed by atoms with Crippen LogP contribution in [0.5, 0.6) is 5.75 Å². The summed E-state index contributed by atoms with van der Waals surface area (Å²) < 4.78 is 32.1. The predicted octanol–water partition coefficient (Wildman–Crippen LogP) is 1.94. The Labute approximate surface area is 170 Å². The summed E-state index contributed by atoms with van der Waals surface area (Å²) in [5, 5.41) is 4.98. The molecule has 1 aromatic carbocycles. The highest BCUT2D eigenvalue weighted by molar-refractivity contribution is 7.89. The van der Waals surface area contributed by atoms with E-state index < -0.39 is 10.0 Å². The number of carbonyl (C=O) groups is 1. The van der Waals surface area contributed by atoms with Crippen molar-refractivity contribution in [2.24, 2.45) is 0 Å². The Balaban J connectivity index is 1.51. The lowest BCUT2D eigenvalue weighted by molar-refractivity contribution is -0.123. The Morgan fingerprint density at radius 3 is 2.43 bits per heavy atom. The molecule has 0 saturated carbocycles. The van der Waals surface area contributed by atoms with Gasteiger partial charge in [-0.2, -0.15) is 4.31 Å². The molecule has 1 fully saturated rings. The van der Waals surface area contributed by atoms with Gasteiger partial charge in [0, 0.05) is 31.1 Å². The van der Waals surface area contributed by atoms with E-state index in [1.54, 1.807) is 42.7 Å². The van der Waals surface area contributed by atoms with Crippen molar-refractivity contribution in [3.05, 3.63) is 46.7 Å². The van der Waals surface area contributed by atoms with Crippen LogP contribution in [-0.2, 0) is 14.8 Å². The monoisotopic (exact) mass is 423 g/mol. The second-order valence-corrected chi connectivity index (χ2v) is 9.58. The summed E-state index contributed by atoms with van der Waals surface area (Å²) in [7, 11) is -1.99. The molecular weight excluding hydrogens is 398 g/mol. The zero-order valence-electron chi connectivity index (χ0n) is 16.0. The fourth-order valence-corrected chi connectivity index (χ4v) is 5.28. The minimum absolute atomic E-state index is 0.0239. The number of hydrogen-bond acceptors (Lipinski definition) is 6. The first-order valence-electron chi connectivity index (χ1n) is 9.09. The summed E-state index contributed by atoms with van der Waals surface area (Å²) in [6, 6.07) is 10.3. The molecule has 1 N–H and O–H groups in total. The third-order valence-corrected chi connectivity index (χ3v) is 7.71. The van der Waals surface area contributed by atoms with Crippen molar-refractivity contribution in [1.82, 2.24) is 14.5 Å². The van der Waals surface area contributed by atoms with Gasteiger partial charge in [-0.3, -0.25) is 9.69 Å². The SMILES string of the molecule is COc1ccc(S(=O)(=O)N2CCN(CC(=O)NC(C)c3cccs3)CC2)cc1. The first-order chi connectivity index (χ1) is 13.4. The molecule has 1 aliphatic rings. The summed E-state index contributed by atoms with van der Waals surface area (Å²) >= 11 is 1.61. The number of piperazine rings is 1. The van der Waals surface area contributed by atoms with Gasteiger partial charge in [0.1, 0.15) is 5.75 Å². The van der Waals surface area contributed by atoms with E-state index in [-0.39, 0.29) is 23.4 Å². The third-order valence-electron chi connectivity index (χ3n) is 4.74. The molecule has 9 heteroatoms. The molecule has 152 valence electrons. The molecule has 2 heterocycles. The van der Waals surface area contributed by atoms with Gasteiger partial charge in [-0.1, -0.05) is 6.07 Å². The van der Waals surface area contributed by atoms with E-state index in [9.17, 15) is 13.2 Å². The topological polar surface area (TPSA) is 79.0 Å². The Bertz CT molecular complexity index is 874. The largest absolute Gasteiger partial charge is 0.497 e. The number of ether oxygens (including phenoxy) is 1. The lowest BCUT2D eigenvalue weighted by Gasteiger charge is -2.33. The number of nitrogens with zero attached hydrogens (tertiary/aromatic N) is 2. The summed E-state index contributed by atoms with van der Waals surface area (Å²) in [5.74, 6) is 0.568. The molecule has 3 rings (SSSR count). The molecule has 0 spiro atoms. The van der Waals surface area contributed by atoms with E-state index >= 15 is 0 Å². The van der Waals surface area contributed by atoms with Crippen LogP contribution < -0.4 is 10.1 Å². The Morgan fingerprint density at radius 2 is 1.86 bits per heavy atom. The van der Waals surface area contributed by atoms with Crippen LogP contribution in [0.15, 0.2) is 46.7 Å². The molecule has 0 radical (unpaired) electrons. The Kier molecular flexibility index (Phi) is 6.71. The summed E-state index contributed by atoms with van der Waals surface area (Å²) in [4.78, 5) is 15.6. The number of sulfonamides is 1. The summed E-state index contributed by atoms with van der Waals surface area (Å²) in [6.07, 6.45) is 0. The lowest BCUT2D eigenvalue weighted by Crippen LogP contribution is -2.51. The maximum atomic E-state index is 12.8. The number of benzene rings is 1. The van der Waals surface area contributed by atoms with Gasteiger partial charge < -0.3 is 10.1 Å². The second-order valence-electron chi connectivity index (χ2n) is 6.66. The van der Waals surface area contributed by atoms with Gasteiger partial charge in [-0.25, -0.2) is 8.42 Å². The number of methoxy groups -OCH3 is 1. The molecule has 2 aromatic rings. The minimum atomic E-state index is -3.54. The number of amides is 1. The average Bonchev–Trinajstić information content (AvgIpc) is 3.23. The van der Waals surface area contributed by atoms with Crippen LogP contribution in [0.4, 0.5) is 0 Å². The smallest absolute Gasteiger partial charge is 0.243 e. The van der Waals surface area contributed by atoms with Gasteiger partial charge in [-0.15, -0.1) is 11.3 Å². The van der Waals surface area contributed by atoms with Gasteiger partial charge in [0.2, 0.25) is 15.9 Å². The van der Waals surface area contributed by atoms with E-state index in [1.807, 2.05) is 29.3 Å². The summed E-state index contributed by atoms with van der Waals surface area (Å²) in [6.45, 7) is 4.01. The highest BCUT2D eigenvalue weighted by atomic mass is 32.2. The minimum Gasteiger partial charge on any atom is -0.497 e. The van der Waals surface area contributed by atoms with Crippen LogP contribution in [0.2, 0.25) is 0 Å². The zero-order chi connectivity index (χ0) is 20.1. The van der Waals surface area contributed by atoms with Gasteiger partial charge in [0.15, 0.2) is 0 Å². The van der Waals surface area contributed by atoms with Crippen LogP contribution in [0, 0.1) is 0 Å². The number of carbonyl (C=O) groups excluding carboxylic acids is 1. The molecule has 0 bridgehead atoms. The fraction of sp³-hybridized carbons (Fsp3) is 0.421. The van der Waals surface area contributed by atoms with Crippen molar-refractivity contribution >= 4 is 27.3 Å². The molecular formula is C19H25N3O4S2. The van der Waals surface area contributed by atoms with Crippen LogP contribution in [-0.4, -0.2) is 63.4 Å². The molecule has 1 aliphatic heterocycles. The highest BCUT2D eigenvalue weighted by Crippen LogP contribution is 2.21. The second kappa shape index (κ2) is 9.04. The lowest BCUT2D eigenvalue weighted by atomic mass is 10.2. The van der Waals surface area contributed by atoms with Gasteiger partial charge in [-0.05, 0) is 42.6 Å². The van der Waals surface area contributed by atoms with Gasteiger partial charge in [0.25, 0.3) is 0 Å². The number of rotatable bonds is 7. The molecule has 1 saturated heterocycles. The van der Waals surface area contributed by atoms with Crippen molar-refractivity contribution in [3.63, 3.8) is 0 Å². The average molecular weight is 424 g/mol. The van der Waals surface area contributed by atoms with E-state index in [1.165, 1.54) is 4.31 Å². The normalized spacial score (nSPS) is 17.2. The van der Waals surface area contributed by atoms with Crippen molar-refractivity contribution in [2.45, 2.75) is 17.9 Å². The molecule has 1 atom stereocenters. The molecule has 1 amide bonds. The van der Waals surface area contributed by atoms with Gasteiger partial charge >= 0.3 is 0 Å². The first-order valence-corrected chi connectivity index (χ1v) is 11.4. The predicted molar refractivity (Wildman–Crippen MR) is 109 cm³/mol. The third kappa shape index (κ3) is 4.91. The molecule has 1 aromatic heterocycles. The number of nitrogens with one attached hydrogen (secondary N) is 1. The fourth-order valence-electron chi connectivity index (χ4n) is 3.12. The van der Waals surface area contributed by atoms with Crippen LogP contribution >= 0.6 is 11.3 Å². The van der Waals surface area contributed by atoms with Crippen molar-refractivity contribution in [2.75, 3.05) is 39.8 Å². The Hall–Kier alpha value is -1.94. The van der Waals surface area contributed by atoms with E-state index in [0.29, 0.717) is 31.9 Å². The highest BCUT2D eigenvalue weighted by Gasteiger charge is 2.29. The standard InChI is InChI=1S/C19H25N3O4S2/c1-15(18-4-3-13-27-18)20-19(23)14-21-9-11-22(12-10-21)28(24,25)17-7-5-16(26-2)6-8-17/h3-8,13,15H,9-12,14H2,1-2H3,(H,20,23). The first kappa shape index (κ1) is 20.8. The number of hydrogen-bond donors (Lipinski definition) is 1. The van der Waals surface area contributed by atoms with Crippen LogP contribution in [0.25, 0.3) is 0 Å². The maximum Gasteiger partial charge on any atom is 0.243 e. The summed E-state index contributed by atoms with van der Waals surface area (Å²) in [5.41, 5.74) is 0. The Morgan fingerprint density at radius 1 is 1.18 bits per heavy atom. The maximum absolute atomic E-state index is 12.8. The van der Waals surface area contributed by atoms with E-state index in [2.05, 4.69) is 5.32 Å². The van der Waals surface area contributed by atoms with Crippen molar-refractivity contribution in [1.29, 1.82) is 0 Å². The number of thiophene rings is 1. The molecule has 0 aliphatic carbocycles. The molecule has 28 heavy (non-hydrogen) atoms. The van der Waals surface area contributed by atoms with Gasteiger partial charge in [0.05, 0.1) is 24.6 Å². The quantitative estimate of drug-likeness (QED) is 0.736.